The first-order valence-electron chi connectivity index (χ1n) is 6.36. The summed E-state index contributed by atoms with van der Waals surface area (Å²) in [7, 11) is 0. The minimum atomic E-state index is -0.816. The molecule has 1 aromatic heterocycles. The quantitative estimate of drug-likeness (QED) is 0.831. The van der Waals surface area contributed by atoms with Gasteiger partial charge in [0.2, 0.25) is 0 Å². The van der Waals surface area contributed by atoms with Crippen LogP contribution in [0.25, 0.3) is 0 Å². The Balaban J connectivity index is 2.30. The average molecular weight is 269 g/mol. The molecule has 1 aromatic rings. The van der Waals surface area contributed by atoms with Crippen LogP contribution in [0.15, 0.2) is 5.16 Å². The van der Waals surface area contributed by atoms with Crippen LogP contribution in [-0.4, -0.2) is 31.6 Å². The molecule has 1 fully saturated rings. The molecule has 0 aliphatic heterocycles. The molecule has 0 saturated heterocycles. The number of carboxylic acids is 1. The Morgan fingerprint density at radius 3 is 2.67 bits per heavy atom. The maximum absolute atomic E-state index is 10.7. The Morgan fingerprint density at radius 2 is 2.11 bits per heavy atom. The summed E-state index contributed by atoms with van der Waals surface area (Å²) in [5, 5.41) is 17.9. The van der Waals surface area contributed by atoms with E-state index in [1.54, 1.807) is 0 Å². The van der Waals surface area contributed by atoms with Crippen LogP contribution in [-0.2, 0) is 16.8 Å². The number of hydrogen-bond donors (Lipinski definition) is 1. The van der Waals surface area contributed by atoms with E-state index in [1.165, 1.54) is 24.6 Å². The van der Waals surface area contributed by atoms with Gasteiger partial charge in [0.15, 0.2) is 5.16 Å². The molecule has 1 heterocycles. The standard InChI is InChI=1S/C12H19N3O2S/c1-3-9-13-14-11(18-8-10(16)17)15(9)12(2)6-4-5-7-12/h3-8H2,1-2H3,(H,16,17). The van der Waals surface area contributed by atoms with Gasteiger partial charge in [0.1, 0.15) is 5.82 Å². The second-order valence-corrected chi connectivity index (χ2v) is 5.92. The van der Waals surface area contributed by atoms with E-state index in [9.17, 15) is 4.79 Å². The van der Waals surface area contributed by atoms with Gasteiger partial charge in [-0.25, -0.2) is 0 Å². The number of carbonyl (C=O) groups is 1. The Kier molecular flexibility index (Phi) is 3.94. The number of thioether (sulfide) groups is 1. The molecule has 0 amide bonds. The van der Waals surface area contributed by atoms with Gasteiger partial charge in [-0.2, -0.15) is 0 Å². The van der Waals surface area contributed by atoms with E-state index in [0.29, 0.717) is 0 Å². The lowest BCUT2D eigenvalue weighted by atomic mass is 10.0. The van der Waals surface area contributed by atoms with Crippen LogP contribution in [0.2, 0.25) is 0 Å². The molecule has 1 aliphatic carbocycles. The third-order valence-corrected chi connectivity index (χ3v) is 4.48. The predicted octanol–water partition coefficient (Wildman–Crippen LogP) is 2.31. The van der Waals surface area contributed by atoms with Gasteiger partial charge in [0.05, 0.1) is 5.75 Å². The van der Waals surface area contributed by atoms with Gasteiger partial charge in [-0.05, 0) is 19.8 Å². The fraction of sp³-hybridized carbons (Fsp3) is 0.750. The molecule has 6 heteroatoms. The smallest absolute Gasteiger partial charge is 0.313 e. The number of nitrogens with zero attached hydrogens (tertiary/aromatic N) is 3. The highest BCUT2D eigenvalue weighted by Crippen LogP contribution is 2.39. The molecule has 1 aliphatic rings. The topological polar surface area (TPSA) is 68.0 Å². The third kappa shape index (κ3) is 2.53. The minimum absolute atomic E-state index is 0.0396. The van der Waals surface area contributed by atoms with Crippen LogP contribution < -0.4 is 0 Å². The van der Waals surface area contributed by atoms with Crippen LogP contribution in [0, 0.1) is 0 Å². The van der Waals surface area contributed by atoms with Gasteiger partial charge in [0.25, 0.3) is 0 Å². The number of rotatable bonds is 5. The van der Waals surface area contributed by atoms with Crippen molar-refractivity contribution >= 4 is 17.7 Å². The lowest BCUT2D eigenvalue weighted by molar-refractivity contribution is -0.133. The number of carboxylic acid groups (broad SMARTS) is 1. The summed E-state index contributed by atoms with van der Waals surface area (Å²) in [4.78, 5) is 10.7. The molecule has 0 bridgehead atoms. The molecule has 100 valence electrons. The molecular weight excluding hydrogens is 250 g/mol. The van der Waals surface area contributed by atoms with Crippen molar-refractivity contribution in [3.63, 3.8) is 0 Å². The zero-order valence-corrected chi connectivity index (χ0v) is 11.7. The van der Waals surface area contributed by atoms with Crippen molar-refractivity contribution in [2.45, 2.75) is 56.6 Å². The number of aromatic nitrogens is 3. The Morgan fingerprint density at radius 1 is 1.44 bits per heavy atom. The summed E-state index contributed by atoms with van der Waals surface area (Å²) in [5.74, 6) is 0.189. The molecular formula is C12H19N3O2S. The molecule has 1 N–H and O–H groups in total. The minimum Gasteiger partial charge on any atom is -0.481 e. The molecule has 0 unspecified atom stereocenters. The van der Waals surface area contributed by atoms with E-state index in [2.05, 4.69) is 28.6 Å². The van der Waals surface area contributed by atoms with Gasteiger partial charge in [-0.1, -0.05) is 31.5 Å². The fourth-order valence-corrected chi connectivity index (χ4v) is 3.46. The number of aryl methyl sites for hydroxylation is 1. The van der Waals surface area contributed by atoms with Crippen LogP contribution in [0.3, 0.4) is 0 Å². The fourth-order valence-electron chi connectivity index (χ4n) is 2.65. The van der Waals surface area contributed by atoms with Gasteiger partial charge in [-0.15, -0.1) is 10.2 Å². The highest BCUT2D eigenvalue weighted by Gasteiger charge is 2.34. The summed E-state index contributed by atoms with van der Waals surface area (Å²) >= 11 is 1.27. The first-order chi connectivity index (χ1) is 8.57. The van der Waals surface area contributed by atoms with Crippen molar-refractivity contribution in [3.8, 4) is 0 Å². The van der Waals surface area contributed by atoms with E-state index in [1.807, 2.05) is 0 Å². The zero-order valence-electron chi connectivity index (χ0n) is 10.8. The highest BCUT2D eigenvalue weighted by molar-refractivity contribution is 7.99. The second-order valence-electron chi connectivity index (χ2n) is 4.97. The molecule has 5 nitrogen and oxygen atoms in total. The molecule has 2 rings (SSSR count). The first kappa shape index (κ1) is 13.4. The summed E-state index contributed by atoms with van der Waals surface area (Å²) in [5.41, 5.74) is 0.0652. The molecule has 0 atom stereocenters. The second kappa shape index (κ2) is 5.30. The van der Waals surface area contributed by atoms with Crippen LogP contribution >= 0.6 is 11.8 Å². The van der Waals surface area contributed by atoms with E-state index in [0.717, 1.165) is 30.2 Å². The summed E-state index contributed by atoms with van der Waals surface area (Å²) < 4.78 is 2.17. The van der Waals surface area contributed by atoms with E-state index in [4.69, 9.17) is 5.11 Å². The van der Waals surface area contributed by atoms with Gasteiger partial charge in [0, 0.05) is 12.0 Å². The Hall–Kier alpha value is -1.04. The normalized spacial score (nSPS) is 18.1. The van der Waals surface area contributed by atoms with Gasteiger partial charge in [-0.3, -0.25) is 4.79 Å². The zero-order chi connectivity index (χ0) is 13.2. The van der Waals surface area contributed by atoms with Crippen molar-refractivity contribution in [1.29, 1.82) is 0 Å². The molecule has 1 saturated carbocycles. The third-order valence-electron chi connectivity index (χ3n) is 3.56. The van der Waals surface area contributed by atoms with Gasteiger partial charge >= 0.3 is 5.97 Å². The number of hydrogen-bond acceptors (Lipinski definition) is 4. The molecule has 0 spiro atoms. The maximum atomic E-state index is 10.7. The monoisotopic (exact) mass is 269 g/mol. The lowest BCUT2D eigenvalue weighted by Crippen LogP contribution is -2.29. The van der Waals surface area contributed by atoms with Crippen LogP contribution in [0.1, 0.15) is 45.4 Å². The van der Waals surface area contributed by atoms with Crippen molar-refractivity contribution < 1.29 is 9.90 Å². The van der Waals surface area contributed by atoms with Crippen molar-refractivity contribution in [1.82, 2.24) is 14.8 Å². The van der Waals surface area contributed by atoms with Gasteiger partial charge < -0.3 is 9.67 Å². The summed E-state index contributed by atoms with van der Waals surface area (Å²) in [6.07, 6.45) is 5.52. The predicted molar refractivity (Wildman–Crippen MR) is 69.9 cm³/mol. The van der Waals surface area contributed by atoms with Crippen molar-refractivity contribution in [2.24, 2.45) is 0 Å². The molecule has 0 radical (unpaired) electrons. The van der Waals surface area contributed by atoms with E-state index < -0.39 is 5.97 Å². The van der Waals surface area contributed by atoms with E-state index >= 15 is 0 Å². The summed E-state index contributed by atoms with van der Waals surface area (Å²) in [6, 6.07) is 0. The van der Waals surface area contributed by atoms with Crippen LogP contribution in [0.4, 0.5) is 0 Å². The SMILES string of the molecule is CCc1nnc(SCC(=O)O)n1C1(C)CCCC1. The largest absolute Gasteiger partial charge is 0.481 e. The van der Waals surface area contributed by atoms with Crippen molar-refractivity contribution in [2.75, 3.05) is 5.75 Å². The Labute approximate surface area is 111 Å². The number of aliphatic carboxylic acids is 1. The molecule has 18 heavy (non-hydrogen) atoms. The lowest BCUT2D eigenvalue weighted by Gasteiger charge is -2.28. The first-order valence-corrected chi connectivity index (χ1v) is 7.35. The Bertz CT molecular complexity index is 439. The highest BCUT2D eigenvalue weighted by atomic mass is 32.2. The van der Waals surface area contributed by atoms with Crippen LogP contribution in [0.5, 0.6) is 0 Å². The summed E-state index contributed by atoms with van der Waals surface area (Å²) in [6.45, 7) is 4.29. The molecule has 0 aromatic carbocycles. The van der Waals surface area contributed by atoms with E-state index in [-0.39, 0.29) is 11.3 Å². The maximum Gasteiger partial charge on any atom is 0.313 e. The van der Waals surface area contributed by atoms with Crippen molar-refractivity contribution in [3.05, 3.63) is 5.82 Å². The average Bonchev–Trinajstić information content (AvgIpc) is 2.92.